The fraction of sp³-hybridized carbons (Fsp3) is 0.333. The van der Waals surface area contributed by atoms with Gasteiger partial charge in [0.2, 0.25) is 0 Å². The fourth-order valence-electron chi connectivity index (χ4n) is 3.06. The van der Waals surface area contributed by atoms with E-state index in [1.54, 1.807) is 0 Å². The molecule has 2 N–H and O–H groups in total. The Bertz CT molecular complexity index is 428. The van der Waals surface area contributed by atoms with Crippen molar-refractivity contribution < 1.29 is 0 Å². The largest absolute Gasteiger partial charge is 0.330 e. The maximum atomic E-state index is 5.92. The quantitative estimate of drug-likeness (QED) is 0.823. The lowest BCUT2D eigenvalue weighted by atomic mass is 9.69. The van der Waals surface area contributed by atoms with E-state index in [0.717, 1.165) is 19.3 Å². The first-order valence-electron chi connectivity index (χ1n) is 7.14. The smallest absolute Gasteiger partial charge is 0.0214 e. The van der Waals surface area contributed by atoms with Crippen LogP contribution in [0.1, 0.15) is 37.3 Å². The summed E-state index contributed by atoms with van der Waals surface area (Å²) in [5.41, 5.74) is 8.75. The van der Waals surface area contributed by atoms with Crippen LogP contribution in [0, 0.1) is 0 Å². The van der Waals surface area contributed by atoms with Crippen molar-refractivity contribution in [1.82, 2.24) is 0 Å². The summed E-state index contributed by atoms with van der Waals surface area (Å²) in [4.78, 5) is 0. The van der Waals surface area contributed by atoms with Crippen LogP contribution in [0.4, 0.5) is 0 Å². The van der Waals surface area contributed by atoms with Gasteiger partial charge in [-0.1, -0.05) is 74.0 Å². The molecule has 0 aliphatic carbocycles. The van der Waals surface area contributed by atoms with Gasteiger partial charge in [-0.2, -0.15) is 0 Å². The second kappa shape index (κ2) is 6.53. The third kappa shape index (κ3) is 2.87. The van der Waals surface area contributed by atoms with E-state index < -0.39 is 0 Å². The molecule has 0 aliphatic heterocycles. The standard InChI is InChI=1S/C18H23N/c1-2-13-18(14-15-19,16-9-5-3-6-10-16)17-11-7-4-8-12-17/h3-12H,2,13-15,19H2,1H3. The molecule has 2 aromatic rings. The van der Waals surface area contributed by atoms with Crippen LogP contribution >= 0.6 is 0 Å². The van der Waals surface area contributed by atoms with Crippen LogP contribution in [-0.2, 0) is 5.41 Å². The van der Waals surface area contributed by atoms with E-state index in [1.165, 1.54) is 11.1 Å². The molecule has 0 amide bonds. The molecule has 0 atom stereocenters. The molecule has 0 spiro atoms. The van der Waals surface area contributed by atoms with Crippen molar-refractivity contribution in [2.75, 3.05) is 6.54 Å². The number of hydrogen-bond donors (Lipinski definition) is 1. The summed E-state index contributed by atoms with van der Waals surface area (Å²) >= 11 is 0. The molecule has 19 heavy (non-hydrogen) atoms. The Hall–Kier alpha value is -1.60. The highest BCUT2D eigenvalue weighted by molar-refractivity contribution is 5.39. The van der Waals surface area contributed by atoms with Gasteiger partial charge >= 0.3 is 0 Å². The highest BCUT2D eigenvalue weighted by Gasteiger charge is 2.32. The van der Waals surface area contributed by atoms with Crippen molar-refractivity contribution in [3.63, 3.8) is 0 Å². The zero-order valence-electron chi connectivity index (χ0n) is 11.7. The first-order valence-corrected chi connectivity index (χ1v) is 7.14. The topological polar surface area (TPSA) is 26.0 Å². The van der Waals surface area contributed by atoms with Gasteiger partial charge in [0.15, 0.2) is 0 Å². The van der Waals surface area contributed by atoms with Crippen molar-refractivity contribution in [2.24, 2.45) is 5.73 Å². The summed E-state index contributed by atoms with van der Waals surface area (Å²) in [6.45, 7) is 2.96. The average molecular weight is 253 g/mol. The molecule has 0 fully saturated rings. The number of benzene rings is 2. The van der Waals surface area contributed by atoms with Crippen molar-refractivity contribution in [3.05, 3.63) is 71.8 Å². The molecule has 100 valence electrons. The molecule has 0 radical (unpaired) electrons. The number of hydrogen-bond acceptors (Lipinski definition) is 1. The Morgan fingerprint density at radius 3 is 1.63 bits per heavy atom. The molecule has 1 nitrogen and oxygen atoms in total. The van der Waals surface area contributed by atoms with Crippen molar-refractivity contribution in [3.8, 4) is 0 Å². The Morgan fingerprint density at radius 1 is 0.789 bits per heavy atom. The molecule has 0 saturated carbocycles. The van der Waals surface area contributed by atoms with Crippen molar-refractivity contribution >= 4 is 0 Å². The normalized spacial score (nSPS) is 11.5. The highest BCUT2D eigenvalue weighted by atomic mass is 14.5. The maximum absolute atomic E-state index is 5.92. The van der Waals surface area contributed by atoms with Crippen molar-refractivity contribution in [1.29, 1.82) is 0 Å². The van der Waals surface area contributed by atoms with Crippen LogP contribution in [0.5, 0.6) is 0 Å². The van der Waals surface area contributed by atoms with E-state index in [9.17, 15) is 0 Å². The third-order valence-electron chi connectivity index (χ3n) is 3.90. The molecule has 1 heteroatoms. The molecule has 2 rings (SSSR count). The molecule has 0 unspecified atom stereocenters. The second-order valence-corrected chi connectivity index (χ2v) is 5.10. The van der Waals surface area contributed by atoms with Gasteiger partial charge < -0.3 is 5.73 Å². The second-order valence-electron chi connectivity index (χ2n) is 5.10. The van der Waals surface area contributed by atoms with Gasteiger partial charge in [-0.15, -0.1) is 0 Å². The maximum Gasteiger partial charge on any atom is 0.0214 e. The number of nitrogens with two attached hydrogens (primary N) is 1. The summed E-state index contributed by atoms with van der Waals surface area (Å²) in [6.07, 6.45) is 3.29. The van der Waals surface area contributed by atoms with E-state index in [-0.39, 0.29) is 5.41 Å². The van der Waals surface area contributed by atoms with E-state index >= 15 is 0 Å². The van der Waals surface area contributed by atoms with E-state index in [1.807, 2.05) is 0 Å². The van der Waals surface area contributed by atoms with Gasteiger partial charge in [-0.3, -0.25) is 0 Å². The minimum absolute atomic E-state index is 0.0615. The predicted molar refractivity (Wildman–Crippen MR) is 82.2 cm³/mol. The highest BCUT2D eigenvalue weighted by Crippen LogP contribution is 2.39. The van der Waals surface area contributed by atoms with E-state index in [4.69, 9.17) is 5.73 Å². The molecular weight excluding hydrogens is 230 g/mol. The van der Waals surface area contributed by atoms with Crippen LogP contribution in [0.2, 0.25) is 0 Å². The molecule has 0 aromatic heterocycles. The summed E-state index contributed by atoms with van der Waals surface area (Å²) in [6, 6.07) is 21.6. The lowest BCUT2D eigenvalue weighted by Gasteiger charge is -2.35. The monoisotopic (exact) mass is 253 g/mol. The summed E-state index contributed by atoms with van der Waals surface area (Å²) in [5.74, 6) is 0. The van der Waals surface area contributed by atoms with Crippen LogP contribution in [0.25, 0.3) is 0 Å². The van der Waals surface area contributed by atoms with Gasteiger partial charge in [0.1, 0.15) is 0 Å². The summed E-state index contributed by atoms with van der Waals surface area (Å²) in [5, 5.41) is 0. The number of rotatable bonds is 6. The first-order chi connectivity index (χ1) is 9.33. The predicted octanol–water partition coefficient (Wildman–Crippen LogP) is 4.12. The summed E-state index contributed by atoms with van der Waals surface area (Å²) in [7, 11) is 0. The van der Waals surface area contributed by atoms with Gasteiger partial charge in [-0.05, 0) is 30.5 Å². The molecule has 0 aliphatic rings. The Balaban J connectivity index is 2.54. The van der Waals surface area contributed by atoms with Gasteiger partial charge in [-0.25, -0.2) is 0 Å². The third-order valence-corrected chi connectivity index (χ3v) is 3.90. The Morgan fingerprint density at radius 2 is 1.26 bits per heavy atom. The zero-order chi connectivity index (χ0) is 13.6. The zero-order valence-corrected chi connectivity index (χ0v) is 11.7. The minimum atomic E-state index is 0.0615. The Kier molecular flexibility index (Phi) is 4.75. The van der Waals surface area contributed by atoms with E-state index in [2.05, 4.69) is 67.6 Å². The molecular formula is C18H23N. The van der Waals surface area contributed by atoms with Gasteiger partial charge in [0, 0.05) is 5.41 Å². The van der Waals surface area contributed by atoms with Gasteiger partial charge in [0.05, 0.1) is 0 Å². The molecule has 0 heterocycles. The SMILES string of the molecule is CCCC(CCN)(c1ccccc1)c1ccccc1. The average Bonchev–Trinajstić information content (AvgIpc) is 2.49. The lowest BCUT2D eigenvalue weighted by Crippen LogP contribution is -2.30. The fourth-order valence-corrected chi connectivity index (χ4v) is 3.06. The molecule has 2 aromatic carbocycles. The van der Waals surface area contributed by atoms with Gasteiger partial charge in [0.25, 0.3) is 0 Å². The van der Waals surface area contributed by atoms with Crippen LogP contribution in [0.15, 0.2) is 60.7 Å². The van der Waals surface area contributed by atoms with Crippen LogP contribution in [-0.4, -0.2) is 6.54 Å². The van der Waals surface area contributed by atoms with E-state index in [0.29, 0.717) is 6.54 Å². The summed E-state index contributed by atoms with van der Waals surface area (Å²) < 4.78 is 0. The molecule has 0 bridgehead atoms. The van der Waals surface area contributed by atoms with Crippen molar-refractivity contribution in [2.45, 2.75) is 31.6 Å². The molecule has 0 saturated heterocycles. The Labute approximate surface area is 116 Å². The van der Waals surface area contributed by atoms with Crippen LogP contribution in [0.3, 0.4) is 0 Å². The minimum Gasteiger partial charge on any atom is -0.330 e. The van der Waals surface area contributed by atoms with Crippen LogP contribution < -0.4 is 5.73 Å². The first kappa shape index (κ1) is 13.8. The lowest BCUT2D eigenvalue weighted by molar-refractivity contribution is 0.437.